The Morgan fingerprint density at radius 3 is 1.50 bits per heavy atom. The summed E-state index contributed by atoms with van der Waals surface area (Å²) in [5, 5.41) is 6.96. The lowest BCUT2D eigenvalue weighted by Crippen LogP contribution is -1.96. The van der Waals surface area contributed by atoms with E-state index in [4.69, 9.17) is 15.0 Å². The van der Waals surface area contributed by atoms with Gasteiger partial charge in [0.2, 0.25) is 0 Å². The quantitative estimate of drug-likeness (QED) is 0.188. The fraction of sp³-hybridized carbons (Fsp3) is 0. The zero-order valence-electron chi connectivity index (χ0n) is 27.8. The first-order chi connectivity index (χ1) is 25.8. The molecule has 6 nitrogen and oxygen atoms in total. The zero-order chi connectivity index (χ0) is 34.2. The molecule has 0 aliphatic heterocycles. The van der Waals surface area contributed by atoms with Crippen molar-refractivity contribution in [3.63, 3.8) is 0 Å². The molecule has 0 unspecified atom stereocenters. The lowest BCUT2D eigenvalue weighted by atomic mass is 10.1. The molecule has 0 atom stereocenters. The lowest BCUT2D eigenvalue weighted by Gasteiger charge is -2.11. The summed E-state index contributed by atoms with van der Waals surface area (Å²) in [7, 11) is 0. The minimum atomic E-state index is 0.713. The van der Waals surface area contributed by atoms with E-state index < -0.39 is 0 Å². The number of fused-ring (bicyclic) bond motifs is 9. The van der Waals surface area contributed by atoms with Crippen LogP contribution in [0, 0.1) is 0 Å². The van der Waals surface area contributed by atoms with Crippen LogP contribution in [0.4, 0.5) is 0 Å². The van der Waals surface area contributed by atoms with Gasteiger partial charge in [-0.2, -0.15) is 0 Å². The van der Waals surface area contributed by atoms with Gasteiger partial charge in [0, 0.05) is 67.2 Å². The molecule has 242 valence electrons. The van der Waals surface area contributed by atoms with E-state index in [1.54, 1.807) is 0 Å². The molecule has 0 saturated carbocycles. The maximum absolute atomic E-state index is 4.90. The summed E-state index contributed by atoms with van der Waals surface area (Å²) in [6, 6.07) is 55.3. The second-order valence-corrected chi connectivity index (χ2v) is 13.2. The summed E-state index contributed by atoms with van der Waals surface area (Å²) in [6.45, 7) is 0. The van der Waals surface area contributed by atoms with Gasteiger partial charge in [-0.1, -0.05) is 84.9 Å². The minimum Gasteiger partial charge on any atom is -0.309 e. The fourth-order valence-corrected chi connectivity index (χ4v) is 7.84. The maximum atomic E-state index is 4.90. The van der Waals surface area contributed by atoms with Gasteiger partial charge in [0.1, 0.15) is 0 Å². The van der Waals surface area contributed by atoms with Crippen molar-refractivity contribution in [1.29, 1.82) is 0 Å². The predicted octanol–water partition coefficient (Wildman–Crippen LogP) is 11.1. The third kappa shape index (κ3) is 4.31. The topological polar surface area (TPSA) is 61.4 Å². The molecule has 0 saturated heterocycles. The highest BCUT2D eigenvalue weighted by atomic mass is 15.0. The average molecular weight is 665 g/mol. The molecule has 11 rings (SSSR count). The average Bonchev–Trinajstić information content (AvgIpc) is 3.73. The Bertz CT molecular complexity index is 3190. The number of hydrogen-bond donors (Lipinski definition) is 0. The van der Waals surface area contributed by atoms with Crippen LogP contribution in [0.3, 0.4) is 0 Å². The molecule has 0 bridgehead atoms. The van der Waals surface area contributed by atoms with Crippen LogP contribution in [0.5, 0.6) is 0 Å². The number of benzene rings is 7. The minimum absolute atomic E-state index is 0.713. The Hall–Kier alpha value is -7.18. The molecular formula is C46H28N6. The molecule has 0 amide bonds. The van der Waals surface area contributed by atoms with Crippen LogP contribution >= 0.6 is 0 Å². The van der Waals surface area contributed by atoms with Gasteiger partial charge < -0.3 is 9.13 Å². The van der Waals surface area contributed by atoms with Crippen LogP contribution in [0.1, 0.15) is 0 Å². The molecular weight excluding hydrogens is 637 g/mol. The highest BCUT2D eigenvalue weighted by Gasteiger charge is 2.21. The van der Waals surface area contributed by atoms with Gasteiger partial charge >= 0.3 is 0 Å². The van der Waals surface area contributed by atoms with Gasteiger partial charge in [-0.05, 0) is 72.8 Å². The van der Waals surface area contributed by atoms with Gasteiger partial charge in [0.25, 0.3) is 0 Å². The van der Waals surface area contributed by atoms with E-state index >= 15 is 0 Å². The van der Waals surface area contributed by atoms with E-state index in [2.05, 4.69) is 123 Å². The van der Waals surface area contributed by atoms with Gasteiger partial charge in [0.05, 0.1) is 33.1 Å². The van der Waals surface area contributed by atoms with Crippen molar-refractivity contribution < 1.29 is 0 Å². The number of hydrogen-bond acceptors (Lipinski definition) is 4. The van der Waals surface area contributed by atoms with Crippen molar-refractivity contribution in [2.24, 2.45) is 0 Å². The number of para-hydroxylation sites is 4. The van der Waals surface area contributed by atoms with E-state index in [9.17, 15) is 0 Å². The predicted molar refractivity (Wildman–Crippen MR) is 212 cm³/mol. The first kappa shape index (κ1) is 28.6. The number of aromatic nitrogens is 6. The van der Waals surface area contributed by atoms with Crippen molar-refractivity contribution in [3.8, 4) is 34.2 Å². The first-order valence-corrected chi connectivity index (χ1v) is 17.4. The molecule has 0 aliphatic carbocycles. The van der Waals surface area contributed by atoms with Crippen LogP contribution in [0.25, 0.3) is 99.6 Å². The third-order valence-corrected chi connectivity index (χ3v) is 10.2. The summed E-state index contributed by atoms with van der Waals surface area (Å²) in [6.07, 6.45) is 3.80. The molecule has 11 aromatic rings. The van der Waals surface area contributed by atoms with Crippen LogP contribution in [0.15, 0.2) is 170 Å². The molecule has 7 aromatic carbocycles. The normalized spacial score (nSPS) is 11.8. The standard InChI is InChI=1S/C46H28N6/c1-5-16-37-31(10-1)27-47-45(49-37)29-20-22-33(23-21-29)51-39-18-7-3-14-35(39)43-41(51)24-25-42-44(43)36-15-4-8-19-40(36)52(42)34-13-9-12-30(26-34)46-48-28-32-11-2-6-17-38(32)50-46/h1-28H. The molecule has 0 spiro atoms. The smallest absolute Gasteiger partial charge is 0.159 e. The molecule has 0 N–H and O–H groups in total. The van der Waals surface area contributed by atoms with Crippen molar-refractivity contribution in [2.75, 3.05) is 0 Å². The summed E-state index contributed by atoms with van der Waals surface area (Å²) < 4.78 is 4.75. The van der Waals surface area contributed by atoms with Crippen LogP contribution in [-0.4, -0.2) is 29.1 Å². The molecule has 0 radical (unpaired) electrons. The van der Waals surface area contributed by atoms with Crippen LogP contribution in [0.2, 0.25) is 0 Å². The van der Waals surface area contributed by atoms with E-state index in [1.165, 1.54) is 21.5 Å². The van der Waals surface area contributed by atoms with Crippen molar-refractivity contribution >= 4 is 65.4 Å². The largest absolute Gasteiger partial charge is 0.309 e. The Morgan fingerprint density at radius 1 is 0.365 bits per heavy atom. The van der Waals surface area contributed by atoms with Crippen LogP contribution < -0.4 is 0 Å². The number of nitrogens with zero attached hydrogens (tertiary/aromatic N) is 6. The second-order valence-electron chi connectivity index (χ2n) is 13.2. The van der Waals surface area contributed by atoms with Gasteiger partial charge in [-0.25, -0.2) is 19.9 Å². The molecule has 6 heteroatoms. The highest BCUT2D eigenvalue weighted by molar-refractivity contribution is 6.28. The summed E-state index contributed by atoms with van der Waals surface area (Å²) in [4.78, 5) is 19.1. The summed E-state index contributed by atoms with van der Waals surface area (Å²) in [5.74, 6) is 1.43. The van der Waals surface area contributed by atoms with Gasteiger partial charge in [-0.15, -0.1) is 0 Å². The van der Waals surface area contributed by atoms with E-state index in [0.29, 0.717) is 5.82 Å². The monoisotopic (exact) mass is 664 g/mol. The summed E-state index contributed by atoms with van der Waals surface area (Å²) >= 11 is 0. The first-order valence-electron chi connectivity index (χ1n) is 17.4. The van der Waals surface area contributed by atoms with Crippen molar-refractivity contribution in [1.82, 2.24) is 29.1 Å². The van der Waals surface area contributed by atoms with Gasteiger partial charge in [0.15, 0.2) is 11.6 Å². The fourth-order valence-electron chi connectivity index (χ4n) is 7.84. The van der Waals surface area contributed by atoms with Gasteiger partial charge in [-0.3, -0.25) is 0 Å². The maximum Gasteiger partial charge on any atom is 0.159 e. The molecule has 0 aliphatic rings. The SMILES string of the molecule is c1cc(-c2ncc3ccccc3n2)cc(-n2c3ccccc3c3c4c5ccccc5n(-c5ccc(-c6ncc7ccccc7n6)cc5)c4ccc32)c1. The second kappa shape index (κ2) is 11.2. The zero-order valence-corrected chi connectivity index (χ0v) is 27.8. The Kier molecular flexibility index (Phi) is 6.15. The Morgan fingerprint density at radius 2 is 0.885 bits per heavy atom. The van der Waals surface area contributed by atoms with E-state index in [0.717, 1.165) is 72.2 Å². The molecule has 4 heterocycles. The number of rotatable bonds is 4. The van der Waals surface area contributed by atoms with Crippen molar-refractivity contribution in [3.05, 3.63) is 170 Å². The van der Waals surface area contributed by atoms with Crippen LogP contribution in [-0.2, 0) is 0 Å². The molecule has 0 fully saturated rings. The third-order valence-electron chi connectivity index (χ3n) is 10.2. The lowest BCUT2D eigenvalue weighted by molar-refractivity contribution is 1.16. The Labute approximate surface area is 297 Å². The molecule has 4 aromatic heterocycles. The van der Waals surface area contributed by atoms with Crippen molar-refractivity contribution in [2.45, 2.75) is 0 Å². The summed E-state index contributed by atoms with van der Waals surface area (Å²) in [5.41, 5.74) is 10.6. The molecule has 52 heavy (non-hydrogen) atoms. The Balaban J connectivity index is 1.10. The van der Waals surface area contributed by atoms with E-state index in [-0.39, 0.29) is 0 Å². The van der Waals surface area contributed by atoms with E-state index in [1.807, 2.05) is 60.9 Å². The highest BCUT2D eigenvalue weighted by Crippen LogP contribution is 2.42.